The van der Waals surface area contributed by atoms with Gasteiger partial charge in [0.1, 0.15) is 11.9 Å². The molecule has 1 aromatic rings. The Labute approximate surface area is 116 Å². The Morgan fingerprint density at radius 3 is 2.74 bits per heavy atom. The van der Waals surface area contributed by atoms with Crippen molar-refractivity contribution in [2.24, 2.45) is 0 Å². The highest BCUT2D eigenvalue weighted by atomic mass is 16.5. The van der Waals surface area contributed by atoms with Crippen molar-refractivity contribution in [1.82, 2.24) is 10.6 Å². The number of benzene rings is 1. The first-order valence-electron chi connectivity index (χ1n) is 7.25. The quantitative estimate of drug-likeness (QED) is 0.772. The Morgan fingerprint density at radius 2 is 2.00 bits per heavy atom. The molecule has 0 amide bonds. The molecule has 3 heteroatoms. The zero-order valence-corrected chi connectivity index (χ0v) is 12.3. The van der Waals surface area contributed by atoms with Gasteiger partial charge in [-0.25, -0.2) is 0 Å². The maximum Gasteiger partial charge on any atom is 0.123 e. The number of para-hydroxylation sites is 1. The molecule has 0 fully saturated rings. The van der Waals surface area contributed by atoms with E-state index in [2.05, 4.69) is 49.6 Å². The van der Waals surface area contributed by atoms with E-state index < -0.39 is 0 Å². The molecule has 106 valence electrons. The molecule has 2 rings (SSSR count). The van der Waals surface area contributed by atoms with Crippen LogP contribution in [0.3, 0.4) is 0 Å². The number of hydrogen-bond acceptors (Lipinski definition) is 3. The van der Waals surface area contributed by atoms with Gasteiger partial charge in [-0.15, -0.1) is 0 Å². The molecular formula is C16H26N2O. The second-order valence-corrected chi connectivity index (χ2v) is 6.29. The van der Waals surface area contributed by atoms with Gasteiger partial charge in [-0.1, -0.05) is 18.2 Å². The molecule has 19 heavy (non-hydrogen) atoms. The van der Waals surface area contributed by atoms with Crippen LogP contribution in [0.25, 0.3) is 0 Å². The van der Waals surface area contributed by atoms with Crippen molar-refractivity contribution < 1.29 is 4.74 Å². The summed E-state index contributed by atoms with van der Waals surface area (Å²) in [6.45, 7) is 9.63. The molecule has 2 N–H and O–H groups in total. The monoisotopic (exact) mass is 262 g/mol. The van der Waals surface area contributed by atoms with Crippen molar-refractivity contribution in [3.05, 3.63) is 29.8 Å². The first-order chi connectivity index (χ1) is 9.04. The minimum Gasteiger partial charge on any atom is -0.488 e. The molecule has 3 nitrogen and oxygen atoms in total. The Balaban J connectivity index is 1.56. The predicted octanol–water partition coefficient (Wildman–Crippen LogP) is 2.36. The van der Waals surface area contributed by atoms with Crippen LogP contribution < -0.4 is 15.4 Å². The van der Waals surface area contributed by atoms with Gasteiger partial charge < -0.3 is 15.4 Å². The molecule has 1 aromatic carbocycles. The summed E-state index contributed by atoms with van der Waals surface area (Å²) in [6.07, 6.45) is 2.48. The van der Waals surface area contributed by atoms with Crippen LogP contribution in [-0.2, 0) is 6.42 Å². The van der Waals surface area contributed by atoms with Crippen molar-refractivity contribution in [3.8, 4) is 5.75 Å². The van der Waals surface area contributed by atoms with E-state index in [-0.39, 0.29) is 5.54 Å². The third-order valence-corrected chi connectivity index (χ3v) is 3.27. The van der Waals surface area contributed by atoms with Gasteiger partial charge in [0.2, 0.25) is 0 Å². The van der Waals surface area contributed by atoms with Gasteiger partial charge in [0.25, 0.3) is 0 Å². The van der Waals surface area contributed by atoms with Crippen molar-refractivity contribution in [2.45, 2.75) is 45.3 Å². The lowest BCUT2D eigenvalue weighted by Crippen LogP contribution is -2.38. The molecule has 1 atom stereocenters. The summed E-state index contributed by atoms with van der Waals surface area (Å²) in [5.41, 5.74) is 1.56. The van der Waals surface area contributed by atoms with Crippen molar-refractivity contribution in [3.63, 3.8) is 0 Å². The second-order valence-electron chi connectivity index (χ2n) is 6.29. The third kappa shape index (κ3) is 4.84. The molecule has 0 saturated heterocycles. The number of nitrogens with one attached hydrogen (secondary N) is 2. The Hall–Kier alpha value is -1.06. The molecule has 1 aliphatic rings. The van der Waals surface area contributed by atoms with E-state index in [9.17, 15) is 0 Å². The highest BCUT2D eigenvalue weighted by molar-refractivity contribution is 5.37. The predicted molar refractivity (Wildman–Crippen MR) is 79.8 cm³/mol. The number of ether oxygens (including phenoxy) is 1. The van der Waals surface area contributed by atoms with E-state index in [0.717, 1.165) is 38.2 Å². The van der Waals surface area contributed by atoms with Crippen LogP contribution >= 0.6 is 0 Å². The summed E-state index contributed by atoms with van der Waals surface area (Å²) in [7, 11) is 0. The van der Waals surface area contributed by atoms with Crippen LogP contribution in [0.2, 0.25) is 0 Å². The average Bonchev–Trinajstić information content (AvgIpc) is 2.74. The SMILES string of the molecule is CC(C)(C)NCCCNCC1Cc2ccccc2O1. The first kappa shape index (κ1) is 14.4. The second kappa shape index (κ2) is 6.40. The van der Waals surface area contributed by atoms with Crippen molar-refractivity contribution >= 4 is 0 Å². The molecule has 0 radical (unpaired) electrons. The van der Waals surface area contributed by atoms with E-state index in [1.165, 1.54) is 5.56 Å². The maximum atomic E-state index is 5.89. The van der Waals surface area contributed by atoms with Crippen LogP contribution in [0.1, 0.15) is 32.8 Å². The lowest BCUT2D eigenvalue weighted by atomic mass is 10.1. The molecule has 1 aliphatic heterocycles. The van der Waals surface area contributed by atoms with Crippen LogP contribution in [0.4, 0.5) is 0 Å². The van der Waals surface area contributed by atoms with Gasteiger partial charge in [-0.3, -0.25) is 0 Å². The average molecular weight is 262 g/mol. The van der Waals surface area contributed by atoms with Crippen LogP contribution in [0.15, 0.2) is 24.3 Å². The third-order valence-electron chi connectivity index (χ3n) is 3.27. The smallest absolute Gasteiger partial charge is 0.123 e. The summed E-state index contributed by atoms with van der Waals surface area (Å²) in [4.78, 5) is 0. The Kier molecular flexibility index (Phi) is 4.83. The molecule has 0 aliphatic carbocycles. The van der Waals surface area contributed by atoms with Gasteiger partial charge in [-0.2, -0.15) is 0 Å². The lowest BCUT2D eigenvalue weighted by Gasteiger charge is -2.20. The van der Waals surface area contributed by atoms with E-state index in [0.29, 0.717) is 6.10 Å². The Bertz CT molecular complexity index is 373. The van der Waals surface area contributed by atoms with Gasteiger partial charge in [0, 0.05) is 18.5 Å². The molecule has 0 saturated carbocycles. The van der Waals surface area contributed by atoms with Gasteiger partial charge in [0.05, 0.1) is 0 Å². The number of fused-ring (bicyclic) bond motifs is 1. The minimum absolute atomic E-state index is 0.218. The number of rotatable bonds is 6. The maximum absolute atomic E-state index is 5.89. The summed E-state index contributed by atoms with van der Waals surface area (Å²) < 4.78 is 5.89. The summed E-state index contributed by atoms with van der Waals surface area (Å²) >= 11 is 0. The summed E-state index contributed by atoms with van der Waals surface area (Å²) in [6, 6.07) is 8.33. The lowest BCUT2D eigenvalue weighted by molar-refractivity contribution is 0.227. The zero-order valence-electron chi connectivity index (χ0n) is 12.3. The van der Waals surface area contributed by atoms with E-state index in [1.54, 1.807) is 0 Å². The van der Waals surface area contributed by atoms with Gasteiger partial charge in [-0.05, 0) is 51.9 Å². The Morgan fingerprint density at radius 1 is 1.21 bits per heavy atom. The largest absolute Gasteiger partial charge is 0.488 e. The standard InChI is InChI=1S/C16H26N2O/c1-16(2,3)18-10-6-9-17-12-14-11-13-7-4-5-8-15(13)19-14/h4-5,7-8,14,17-18H,6,9-12H2,1-3H3. The molecular weight excluding hydrogens is 236 g/mol. The first-order valence-corrected chi connectivity index (χ1v) is 7.25. The van der Waals surface area contributed by atoms with Crippen LogP contribution in [0.5, 0.6) is 5.75 Å². The molecule has 0 aromatic heterocycles. The summed E-state index contributed by atoms with van der Waals surface area (Å²) in [5, 5.41) is 6.98. The van der Waals surface area contributed by atoms with Crippen LogP contribution in [-0.4, -0.2) is 31.3 Å². The fourth-order valence-electron chi connectivity index (χ4n) is 2.31. The van der Waals surface area contributed by atoms with E-state index in [4.69, 9.17) is 4.74 Å². The fourth-order valence-corrected chi connectivity index (χ4v) is 2.31. The normalized spacial score (nSPS) is 18.2. The van der Waals surface area contributed by atoms with E-state index >= 15 is 0 Å². The molecule has 0 spiro atoms. The molecule has 0 bridgehead atoms. The fraction of sp³-hybridized carbons (Fsp3) is 0.625. The number of hydrogen-bond donors (Lipinski definition) is 2. The van der Waals surface area contributed by atoms with Crippen molar-refractivity contribution in [1.29, 1.82) is 0 Å². The van der Waals surface area contributed by atoms with E-state index in [1.807, 2.05) is 6.07 Å². The zero-order chi connectivity index (χ0) is 13.7. The van der Waals surface area contributed by atoms with Crippen molar-refractivity contribution in [2.75, 3.05) is 19.6 Å². The van der Waals surface area contributed by atoms with Gasteiger partial charge >= 0.3 is 0 Å². The highest BCUT2D eigenvalue weighted by Crippen LogP contribution is 2.27. The summed E-state index contributed by atoms with van der Waals surface area (Å²) in [5.74, 6) is 1.06. The minimum atomic E-state index is 0.218. The van der Waals surface area contributed by atoms with Gasteiger partial charge in [0.15, 0.2) is 0 Å². The molecule has 1 unspecified atom stereocenters. The highest BCUT2D eigenvalue weighted by Gasteiger charge is 2.21. The molecule has 1 heterocycles. The topological polar surface area (TPSA) is 33.3 Å². The van der Waals surface area contributed by atoms with Crippen LogP contribution in [0, 0.1) is 0 Å².